The van der Waals surface area contributed by atoms with Crippen LogP contribution in [0.15, 0.2) is 12.4 Å². The van der Waals surface area contributed by atoms with Crippen LogP contribution in [0.3, 0.4) is 0 Å². The summed E-state index contributed by atoms with van der Waals surface area (Å²) in [7, 11) is 0. The van der Waals surface area contributed by atoms with Gasteiger partial charge < -0.3 is 4.90 Å². The van der Waals surface area contributed by atoms with E-state index in [2.05, 4.69) is 35.6 Å². The second-order valence-corrected chi connectivity index (χ2v) is 6.28. The van der Waals surface area contributed by atoms with Gasteiger partial charge in [-0.15, -0.1) is 0 Å². The van der Waals surface area contributed by atoms with Gasteiger partial charge in [0, 0.05) is 24.3 Å². The maximum Gasteiger partial charge on any atom is 0.254 e. The molecule has 2 aliphatic rings. The predicted octanol–water partition coefficient (Wildman–Crippen LogP) is 3.64. The van der Waals surface area contributed by atoms with Gasteiger partial charge >= 0.3 is 0 Å². The van der Waals surface area contributed by atoms with Crippen molar-refractivity contribution in [2.24, 2.45) is 5.41 Å². The highest BCUT2D eigenvalue weighted by atomic mass is 19.3. The molecule has 21 heavy (non-hydrogen) atoms. The van der Waals surface area contributed by atoms with Crippen molar-refractivity contribution in [1.82, 2.24) is 4.98 Å². The Labute approximate surface area is 124 Å². The van der Waals surface area contributed by atoms with E-state index in [9.17, 15) is 8.78 Å². The zero-order valence-electron chi connectivity index (χ0n) is 12.5. The topological polar surface area (TPSA) is 16.1 Å². The molecule has 0 amide bonds. The first-order valence-corrected chi connectivity index (χ1v) is 7.58. The molecule has 3 rings (SSSR count). The highest BCUT2D eigenvalue weighted by molar-refractivity contribution is 5.61. The first-order chi connectivity index (χ1) is 10.0. The number of anilines is 1. The molecule has 0 aromatic carbocycles. The fourth-order valence-corrected chi connectivity index (χ4v) is 2.90. The SMILES string of the molecule is CC(C)N1CCCc2c(C#CC3(C(F)F)CC3)cncc21. The first-order valence-electron chi connectivity index (χ1n) is 7.58. The molecule has 112 valence electrons. The van der Waals surface area contributed by atoms with Crippen molar-refractivity contribution in [2.75, 3.05) is 11.4 Å². The Balaban J connectivity index is 1.95. The molecule has 0 radical (unpaired) electrons. The number of pyridine rings is 1. The molecule has 1 fully saturated rings. The van der Waals surface area contributed by atoms with Gasteiger partial charge in [-0.2, -0.15) is 0 Å². The minimum Gasteiger partial charge on any atom is -0.368 e. The zero-order valence-corrected chi connectivity index (χ0v) is 12.5. The average molecular weight is 290 g/mol. The molecule has 1 saturated carbocycles. The van der Waals surface area contributed by atoms with Gasteiger partial charge in [-0.25, -0.2) is 8.78 Å². The maximum absolute atomic E-state index is 13.0. The molecule has 0 spiro atoms. The Kier molecular flexibility index (Phi) is 3.61. The Bertz CT molecular complexity index is 595. The Hall–Kier alpha value is -1.63. The van der Waals surface area contributed by atoms with Gasteiger partial charge in [-0.1, -0.05) is 11.8 Å². The molecule has 0 atom stereocenters. The minimum atomic E-state index is -2.34. The molecule has 2 heterocycles. The van der Waals surface area contributed by atoms with Gasteiger partial charge in [0.2, 0.25) is 0 Å². The maximum atomic E-state index is 13.0. The number of hydrogen-bond donors (Lipinski definition) is 0. The third kappa shape index (κ3) is 2.62. The molecule has 0 unspecified atom stereocenters. The van der Waals surface area contributed by atoms with E-state index in [0.717, 1.165) is 30.6 Å². The molecule has 1 aliphatic heterocycles. The lowest BCUT2D eigenvalue weighted by atomic mass is 9.97. The van der Waals surface area contributed by atoms with Crippen molar-refractivity contribution in [1.29, 1.82) is 0 Å². The predicted molar refractivity (Wildman–Crippen MR) is 79.6 cm³/mol. The second kappa shape index (κ2) is 5.29. The van der Waals surface area contributed by atoms with Gasteiger partial charge in [0.05, 0.1) is 17.3 Å². The first kappa shape index (κ1) is 14.3. The largest absolute Gasteiger partial charge is 0.368 e. The molecular weight excluding hydrogens is 270 g/mol. The highest BCUT2D eigenvalue weighted by Crippen LogP contribution is 2.50. The summed E-state index contributed by atoms with van der Waals surface area (Å²) in [6, 6.07) is 0.407. The van der Waals surface area contributed by atoms with Crippen molar-refractivity contribution in [2.45, 2.75) is 52.0 Å². The number of nitrogens with zero attached hydrogens (tertiary/aromatic N) is 2. The Morgan fingerprint density at radius 2 is 2.05 bits per heavy atom. The van der Waals surface area contributed by atoms with E-state index in [1.807, 2.05) is 6.20 Å². The van der Waals surface area contributed by atoms with E-state index in [1.165, 1.54) is 5.56 Å². The van der Waals surface area contributed by atoms with E-state index < -0.39 is 11.8 Å². The van der Waals surface area contributed by atoms with Crippen LogP contribution in [0.25, 0.3) is 0 Å². The summed E-state index contributed by atoms with van der Waals surface area (Å²) in [5.41, 5.74) is 2.06. The fraction of sp³-hybridized carbons (Fsp3) is 0.588. The zero-order chi connectivity index (χ0) is 15.0. The lowest BCUT2D eigenvalue weighted by Gasteiger charge is -2.34. The molecule has 4 heteroatoms. The average Bonchev–Trinajstić information content (AvgIpc) is 3.25. The monoisotopic (exact) mass is 290 g/mol. The van der Waals surface area contributed by atoms with E-state index in [-0.39, 0.29) is 0 Å². The third-order valence-corrected chi connectivity index (χ3v) is 4.45. The quantitative estimate of drug-likeness (QED) is 0.773. The lowest BCUT2D eigenvalue weighted by Crippen LogP contribution is -2.35. The number of fused-ring (bicyclic) bond motifs is 1. The summed E-state index contributed by atoms with van der Waals surface area (Å²) in [5, 5.41) is 0. The van der Waals surface area contributed by atoms with Crippen LogP contribution in [0.1, 0.15) is 44.2 Å². The molecule has 1 aromatic heterocycles. The number of hydrogen-bond acceptors (Lipinski definition) is 2. The van der Waals surface area contributed by atoms with Crippen LogP contribution < -0.4 is 4.90 Å². The molecule has 0 saturated heterocycles. The van der Waals surface area contributed by atoms with Crippen LogP contribution in [-0.4, -0.2) is 24.0 Å². The number of aromatic nitrogens is 1. The Morgan fingerprint density at radius 3 is 2.67 bits per heavy atom. The number of halogens is 2. The third-order valence-electron chi connectivity index (χ3n) is 4.45. The summed E-state index contributed by atoms with van der Waals surface area (Å²) >= 11 is 0. The second-order valence-electron chi connectivity index (χ2n) is 6.28. The lowest BCUT2D eigenvalue weighted by molar-refractivity contribution is 0.0921. The van der Waals surface area contributed by atoms with Crippen molar-refractivity contribution in [3.8, 4) is 11.8 Å². The van der Waals surface area contributed by atoms with Crippen molar-refractivity contribution in [3.05, 3.63) is 23.5 Å². The number of rotatable bonds is 2. The fourth-order valence-electron chi connectivity index (χ4n) is 2.90. The summed E-state index contributed by atoms with van der Waals surface area (Å²) in [6.07, 6.45) is 4.30. The van der Waals surface area contributed by atoms with E-state index >= 15 is 0 Å². The smallest absolute Gasteiger partial charge is 0.254 e. The van der Waals surface area contributed by atoms with Crippen LogP contribution in [0.2, 0.25) is 0 Å². The van der Waals surface area contributed by atoms with Gasteiger partial charge in [-0.05, 0) is 45.1 Å². The van der Waals surface area contributed by atoms with Gasteiger partial charge in [0.15, 0.2) is 0 Å². The molecule has 1 aromatic rings. The van der Waals surface area contributed by atoms with Crippen LogP contribution in [-0.2, 0) is 6.42 Å². The van der Waals surface area contributed by atoms with Crippen molar-refractivity contribution < 1.29 is 8.78 Å². The van der Waals surface area contributed by atoms with Gasteiger partial charge in [0.1, 0.15) is 0 Å². The minimum absolute atomic E-state index is 0.407. The van der Waals surface area contributed by atoms with Crippen LogP contribution in [0.5, 0.6) is 0 Å². The van der Waals surface area contributed by atoms with Crippen LogP contribution >= 0.6 is 0 Å². The van der Waals surface area contributed by atoms with E-state index in [4.69, 9.17) is 0 Å². The Morgan fingerprint density at radius 1 is 1.29 bits per heavy atom. The van der Waals surface area contributed by atoms with Crippen molar-refractivity contribution >= 4 is 5.69 Å². The highest BCUT2D eigenvalue weighted by Gasteiger charge is 2.50. The molecular formula is C17H20F2N2. The van der Waals surface area contributed by atoms with E-state index in [1.54, 1.807) is 6.20 Å². The van der Waals surface area contributed by atoms with Gasteiger partial charge in [0.25, 0.3) is 6.43 Å². The summed E-state index contributed by atoms with van der Waals surface area (Å²) in [6.45, 7) is 5.33. The molecule has 1 aliphatic carbocycles. The van der Waals surface area contributed by atoms with Crippen molar-refractivity contribution in [3.63, 3.8) is 0 Å². The van der Waals surface area contributed by atoms with Gasteiger partial charge in [-0.3, -0.25) is 4.98 Å². The van der Waals surface area contributed by atoms with E-state index in [0.29, 0.717) is 18.9 Å². The molecule has 2 nitrogen and oxygen atoms in total. The summed E-state index contributed by atoms with van der Waals surface area (Å²) in [5.74, 6) is 5.82. The standard InChI is InChI=1S/C17H20F2N2/c1-12(2)21-9-3-4-14-13(10-20-11-15(14)21)5-6-17(7-8-17)16(18)19/h10-12,16H,3-4,7-9H2,1-2H3. The normalized spacial score (nSPS) is 19.2. The summed E-state index contributed by atoms with van der Waals surface area (Å²) in [4.78, 5) is 6.58. The molecule has 0 N–H and O–H groups in total. The van der Waals surface area contributed by atoms with Crippen LogP contribution in [0, 0.1) is 17.3 Å². The summed E-state index contributed by atoms with van der Waals surface area (Å²) < 4.78 is 25.9. The van der Waals surface area contributed by atoms with Crippen LogP contribution in [0.4, 0.5) is 14.5 Å². The molecule has 0 bridgehead atoms. The number of alkyl halides is 2.